The minimum absolute atomic E-state index is 0. The van der Waals surface area contributed by atoms with Gasteiger partial charge in [-0.25, -0.2) is 0 Å². The Bertz CT molecular complexity index is 483. The van der Waals surface area contributed by atoms with Crippen molar-refractivity contribution < 1.29 is 27.4 Å². The van der Waals surface area contributed by atoms with Crippen LogP contribution in [0.15, 0.2) is 18.2 Å². The van der Waals surface area contributed by atoms with Gasteiger partial charge < -0.3 is 15.2 Å². The molecule has 0 amide bonds. The van der Waals surface area contributed by atoms with Gasteiger partial charge in [-0.3, -0.25) is 4.79 Å². The van der Waals surface area contributed by atoms with Crippen LogP contribution in [0, 0.1) is 0 Å². The normalized spacial score (nSPS) is 12.3. The van der Waals surface area contributed by atoms with Crippen LogP contribution in [-0.4, -0.2) is 18.9 Å². The second kappa shape index (κ2) is 8.31. The van der Waals surface area contributed by atoms with E-state index >= 15 is 0 Å². The number of alkyl halides is 3. The fourth-order valence-electron chi connectivity index (χ4n) is 1.47. The Morgan fingerprint density at radius 3 is 2.52 bits per heavy atom. The van der Waals surface area contributed by atoms with E-state index in [1.54, 1.807) is 6.92 Å². The third-order valence-electron chi connectivity index (χ3n) is 2.30. The average molecular weight is 348 g/mol. The quantitative estimate of drug-likeness (QED) is 0.826. The van der Waals surface area contributed by atoms with E-state index in [1.807, 2.05) is 0 Å². The topological polar surface area (TPSA) is 61.5 Å². The first-order chi connectivity index (χ1) is 9.23. The zero-order chi connectivity index (χ0) is 15.3. The second-order valence-corrected chi connectivity index (χ2v) is 4.26. The minimum Gasteiger partial charge on any atom is -0.466 e. The van der Waals surface area contributed by atoms with Gasteiger partial charge in [0, 0.05) is 6.04 Å². The fourth-order valence-corrected chi connectivity index (χ4v) is 1.70. The molecule has 2 N–H and O–H groups in total. The summed E-state index contributed by atoms with van der Waals surface area (Å²) in [5.74, 6) is -1.02. The van der Waals surface area contributed by atoms with Crippen molar-refractivity contribution in [1.82, 2.24) is 0 Å². The van der Waals surface area contributed by atoms with Crippen LogP contribution in [0.2, 0.25) is 5.02 Å². The Hall–Kier alpha value is -1.18. The van der Waals surface area contributed by atoms with Crippen LogP contribution >= 0.6 is 24.0 Å². The lowest BCUT2D eigenvalue weighted by atomic mass is 10.0. The standard InChI is InChI=1S/C12H13ClF3NO3.ClH/c1-2-19-11(18)6-9(17)7-3-4-10(8(13)5-7)20-12(14,15)16;/h3-5,9H,2,6,17H2,1H3;1H/t9-;/m0./s1. The molecular formula is C12H14Cl2F3NO3. The molecule has 0 aliphatic heterocycles. The monoisotopic (exact) mass is 347 g/mol. The van der Waals surface area contributed by atoms with Gasteiger partial charge in [0.1, 0.15) is 5.75 Å². The summed E-state index contributed by atoms with van der Waals surface area (Å²) < 4.78 is 44.7. The molecular weight excluding hydrogens is 334 g/mol. The van der Waals surface area contributed by atoms with E-state index in [9.17, 15) is 18.0 Å². The van der Waals surface area contributed by atoms with Gasteiger partial charge in [-0.05, 0) is 24.6 Å². The maximum atomic E-state index is 12.1. The zero-order valence-electron chi connectivity index (χ0n) is 10.9. The Balaban J connectivity index is 0.00000400. The number of hydrogen-bond acceptors (Lipinski definition) is 4. The van der Waals surface area contributed by atoms with Gasteiger partial charge in [-0.15, -0.1) is 25.6 Å². The van der Waals surface area contributed by atoms with E-state index in [4.69, 9.17) is 22.1 Å². The predicted molar refractivity (Wildman–Crippen MR) is 73.6 cm³/mol. The van der Waals surface area contributed by atoms with Crippen LogP contribution in [0.4, 0.5) is 13.2 Å². The molecule has 21 heavy (non-hydrogen) atoms. The maximum Gasteiger partial charge on any atom is 0.573 e. The lowest BCUT2D eigenvalue weighted by Crippen LogP contribution is -2.19. The molecule has 0 spiro atoms. The summed E-state index contributed by atoms with van der Waals surface area (Å²) >= 11 is 5.68. The maximum absolute atomic E-state index is 12.1. The van der Waals surface area contributed by atoms with Crippen molar-refractivity contribution in [3.63, 3.8) is 0 Å². The largest absolute Gasteiger partial charge is 0.573 e. The van der Waals surface area contributed by atoms with Gasteiger partial charge in [-0.2, -0.15) is 0 Å². The number of ether oxygens (including phenoxy) is 2. The molecule has 0 unspecified atom stereocenters. The van der Waals surface area contributed by atoms with Crippen LogP contribution in [0.5, 0.6) is 5.75 Å². The molecule has 0 radical (unpaired) electrons. The molecule has 0 aliphatic carbocycles. The molecule has 9 heteroatoms. The van der Waals surface area contributed by atoms with E-state index < -0.39 is 24.1 Å². The molecule has 0 saturated carbocycles. The molecule has 0 aromatic heterocycles. The number of rotatable bonds is 5. The summed E-state index contributed by atoms with van der Waals surface area (Å²) in [6.07, 6.45) is -4.91. The van der Waals surface area contributed by atoms with Crippen LogP contribution in [0.25, 0.3) is 0 Å². The number of carbonyl (C=O) groups excluding carboxylic acids is 1. The first-order valence-electron chi connectivity index (χ1n) is 5.69. The van der Waals surface area contributed by atoms with Crippen molar-refractivity contribution in [2.45, 2.75) is 25.7 Å². The van der Waals surface area contributed by atoms with E-state index in [0.29, 0.717) is 5.56 Å². The number of esters is 1. The molecule has 1 aromatic rings. The average Bonchev–Trinajstić information content (AvgIpc) is 2.30. The molecule has 120 valence electrons. The Kier molecular flexibility index (Phi) is 7.84. The van der Waals surface area contributed by atoms with Crippen molar-refractivity contribution in [3.05, 3.63) is 28.8 Å². The Labute approximate surface area is 130 Å². The van der Waals surface area contributed by atoms with E-state index in [2.05, 4.69) is 4.74 Å². The SMILES string of the molecule is CCOC(=O)C[C@H](N)c1ccc(OC(F)(F)F)c(Cl)c1.Cl. The highest BCUT2D eigenvalue weighted by atomic mass is 35.5. The van der Waals surface area contributed by atoms with Crippen molar-refractivity contribution in [2.24, 2.45) is 5.73 Å². The molecule has 0 bridgehead atoms. The lowest BCUT2D eigenvalue weighted by Gasteiger charge is -2.14. The van der Waals surface area contributed by atoms with E-state index in [1.165, 1.54) is 12.1 Å². The second-order valence-electron chi connectivity index (χ2n) is 3.85. The first kappa shape index (κ1) is 19.8. The van der Waals surface area contributed by atoms with Crippen molar-refractivity contribution in [3.8, 4) is 5.75 Å². The lowest BCUT2D eigenvalue weighted by molar-refractivity contribution is -0.274. The summed E-state index contributed by atoms with van der Waals surface area (Å²) in [6.45, 7) is 1.88. The smallest absolute Gasteiger partial charge is 0.466 e. The summed E-state index contributed by atoms with van der Waals surface area (Å²) in [4.78, 5) is 11.3. The number of nitrogens with two attached hydrogens (primary N) is 1. The summed E-state index contributed by atoms with van der Waals surface area (Å²) in [7, 11) is 0. The van der Waals surface area contributed by atoms with Gasteiger partial charge >= 0.3 is 12.3 Å². The molecule has 0 fully saturated rings. The van der Waals surface area contributed by atoms with E-state index in [0.717, 1.165) is 6.07 Å². The molecule has 0 heterocycles. The van der Waals surface area contributed by atoms with Crippen molar-refractivity contribution >= 4 is 30.0 Å². The van der Waals surface area contributed by atoms with Gasteiger partial charge in [0.05, 0.1) is 18.1 Å². The van der Waals surface area contributed by atoms with Crippen LogP contribution in [-0.2, 0) is 9.53 Å². The summed E-state index contributed by atoms with van der Waals surface area (Å²) in [6, 6.07) is 2.88. The molecule has 1 atom stereocenters. The number of carbonyl (C=O) groups is 1. The predicted octanol–water partition coefficient (Wildman–Crippen LogP) is 3.61. The molecule has 4 nitrogen and oxygen atoms in total. The van der Waals surface area contributed by atoms with Gasteiger partial charge in [0.2, 0.25) is 0 Å². The van der Waals surface area contributed by atoms with Crippen molar-refractivity contribution in [2.75, 3.05) is 6.61 Å². The molecule has 1 rings (SSSR count). The molecule has 0 aliphatic rings. The summed E-state index contributed by atoms with van der Waals surface area (Å²) in [5.41, 5.74) is 6.16. The highest BCUT2D eigenvalue weighted by Crippen LogP contribution is 2.32. The Morgan fingerprint density at radius 2 is 2.05 bits per heavy atom. The Morgan fingerprint density at radius 1 is 1.43 bits per heavy atom. The van der Waals surface area contributed by atoms with E-state index in [-0.39, 0.29) is 30.5 Å². The minimum atomic E-state index is -4.82. The van der Waals surface area contributed by atoms with Gasteiger partial charge in [-0.1, -0.05) is 17.7 Å². The number of halogens is 5. The highest BCUT2D eigenvalue weighted by Gasteiger charge is 2.32. The van der Waals surface area contributed by atoms with Gasteiger partial charge in [0.25, 0.3) is 0 Å². The van der Waals surface area contributed by atoms with Crippen LogP contribution in [0.3, 0.4) is 0 Å². The molecule has 1 aromatic carbocycles. The number of benzene rings is 1. The third-order valence-corrected chi connectivity index (χ3v) is 2.60. The fraction of sp³-hybridized carbons (Fsp3) is 0.417. The van der Waals surface area contributed by atoms with Crippen LogP contribution < -0.4 is 10.5 Å². The highest BCUT2D eigenvalue weighted by molar-refractivity contribution is 6.32. The van der Waals surface area contributed by atoms with Crippen LogP contribution in [0.1, 0.15) is 24.9 Å². The first-order valence-corrected chi connectivity index (χ1v) is 6.07. The summed E-state index contributed by atoms with van der Waals surface area (Å²) in [5, 5.41) is -0.237. The van der Waals surface area contributed by atoms with Crippen molar-refractivity contribution in [1.29, 1.82) is 0 Å². The third kappa shape index (κ3) is 6.88. The molecule has 0 saturated heterocycles. The number of hydrogen-bond donors (Lipinski definition) is 1. The van der Waals surface area contributed by atoms with Gasteiger partial charge in [0.15, 0.2) is 0 Å². The zero-order valence-corrected chi connectivity index (χ0v) is 12.5.